The minimum Gasteiger partial charge on any atom is -0.469 e. The van der Waals surface area contributed by atoms with Gasteiger partial charge in [-0.05, 0) is 40.5 Å². The number of ether oxygens (including phenoxy) is 1. The summed E-state index contributed by atoms with van der Waals surface area (Å²) in [4.78, 5) is 23.9. The lowest BCUT2D eigenvalue weighted by atomic mass is 9.71. The van der Waals surface area contributed by atoms with E-state index in [0.717, 1.165) is 0 Å². The normalized spacial score (nSPS) is 15.1. The Balaban J connectivity index is 4.97. The Morgan fingerprint density at radius 3 is 2.06 bits per heavy atom. The summed E-state index contributed by atoms with van der Waals surface area (Å²) < 4.78 is 4.80. The molecule has 0 aliphatic rings. The number of nitrogens with one attached hydrogen (secondary N) is 1. The molecule has 0 aliphatic carbocycles. The molecule has 0 heterocycles. The Bertz CT molecular complexity index is 310. The third-order valence-electron chi connectivity index (χ3n) is 3.32. The molecule has 0 saturated heterocycles. The van der Waals surface area contributed by atoms with Crippen LogP contribution in [0, 0.1) is 10.8 Å². The molecule has 106 valence electrons. The van der Waals surface area contributed by atoms with Crippen molar-refractivity contribution in [2.24, 2.45) is 10.8 Å². The van der Waals surface area contributed by atoms with Gasteiger partial charge >= 0.3 is 5.97 Å². The Morgan fingerprint density at radius 1 is 1.22 bits per heavy atom. The van der Waals surface area contributed by atoms with Crippen LogP contribution in [0.3, 0.4) is 0 Å². The summed E-state index contributed by atoms with van der Waals surface area (Å²) in [6.45, 7) is 11.4. The highest BCUT2D eigenvalue weighted by Gasteiger charge is 2.41. The van der Waals surface area contributed by atoms with E-state index in [9.17, 15) is 9.59 Å². The van der Waals surface area contributed by atoms with Crippen LogP contribution < -0.4 is 5.32 Å². The summed E-state index contributed by atoms with van der Waals surface area (Å²) in [5, 5.41) is 2.92. The topological polar surface area (TPSA) is 55.4 Å². The van der Waals surface area contributed by atoms with E-state index < -0.39 is 10.8 Å². The van der Waals surface area contributed by atoms with Crippen molar-refractivity contribution in [2.45, 2.75) is 60.4 Å². The molecule has 0 saturated carbocycles. The van der Waals surface area contributed by atoms with Crippen LogP contribution in [0.1, 0.15) is 54.4 Å². The summed E-state index contributed by atoms with van der Waals surface area (Å²) in [5.74, 6) is -0.281. The Kier molecular flexibility index (Phi) is 5.84. The largest absolute Gasteiger partial charge is 0.469 e. The zero-order valence-corrected chi connectivity index (χ0v) is 12.7. The van der Waals surface area contributed by atoms with E-state index in [1.54, 1.807) is 0 Å². The summed E-state index contributed by atoms with van der Waals surface area (Å²) in [5.41, 5.74) is -1.21. The molecule has 1 N–H and O–H groups in total. The van der Waals surface area contributed by atoms with Crippen LogP contribution in [0.25, 0.3) is 0 Å². The van der Waals surface area contributed by atoms with Crippen LogP contribution in [0.4, 0.5) is 0 Å². The van der Waals surface area contributed by atoms with Crippen molar-refractivity contribution in [3.05, 3.63) is 0 Å². The van der Waals surface area contributed by atoms with E-state index in [1.165, 1.54) is 7.11 Å². The van der Waals surface area contributed by atoms with Crippen LogP contribution in [0.5, 0.6) is 0 Å². The predicted molar refractivity (Wildman–Crippen MR) is 72.1 cm³/mol. The first kappa shape index (κ1) is 16.9. The highest BCUT2D eigenvalue weighted by Crippen LogP contribution is 2.37. The number of esters is 1. The van der Waals surface area contributed by atoms with Gasteiger partial charge in [-0.1, -0.05) is 13.8 Å². The van der Waals surface area contributed by atoms with E-state index in [1.807, 2.05) is 41.5 Å². The lowest BCUT2D eigenvalue weighted by Crippen LogP contribution is -2.45. The first-order valence-electron chi connectivity index (χ1n) is 6.48. The van der Waals surface area contributed by atoms with Gasteiger partial charge in [-0.3, -0.25) is 9.59 Å². The maximum Gasteiger partial charge on any atom is 0.311 e. The Morgan fingerprint density at radius 2 is 1.72 bits per heavy atom. The van der Waals surface area contributed by atoms with Gasteiger partial charge in [0.25, 0.3) is 0 Å². The molecule has 18 heavy (non-hydrogen) atoms. The number of carbonyl (C=O) groups is 2. The molecule has 0 bridgehead atoms. The number of rotatable bonds is 6. The molecule has 1 unspecified atom stereocenters. The van der Waals surface area contributed by atoms with Gasteiger partial charge in [-0.2, -0.15) is 0 Å². The van der Waals surface area contributed by atoms with Crippen LogP contribution in [-0.4, -0.2) is 25.0 Å². The van der Waals surface area contributed by atoms with Crippen LogP contribution in [0.2, 0.25) is 0 Å². The molecule has 0 aromatic heterocycles. The zero-order chi connectivity index (χ0) is 14.6. The van der Waals surface area contributed by atoms with E-state index in [2.05, 4.69) is 5.32 Å². The van der Waals surface area contributed by atoms with Crippen LogP contribution in [-0.2, 0) is 14.3 Å². The van der Waals surface area contributed by atoms with Crippen molar-refractivity contribution in [2.75, 3.05) is 7.11 Å². The fourth-order valence-corrected chi connectivity index (χ4v) is 2.13. The Hall–Kier alpha value is -1.06. The highest BCUT2D eigenvalue weighted by atomic mass is 16.5. The SMILES string of the molecule is CCC(C)(CC(C)(C)C(=O)OC)C(=O)NC(C)C. The first-order valence-corrected chi connectivity index (χ1v) is 6.48. The fraction of sp³-hybridized carbons (Fsp3) is 0.857. The summed E-state index contributed by atoms with van der Waals surface area (Å²) in [6.07, 6.45) is 1.16. The minimum absolute atomic E-state index is 0.00280. The molecule has 0 aromatic rings. The number of carbonyl (C=O) groups excluding carboxylic acids is 2. The first-order chi connectivity index (χ1) is 8.09. The van der Waals surface area contributed by atoms with Crippen molar-refractivity contribution in [3.63, 3.8) is 0 Å². The van der Waals surface area contributed by atoms with E-state index in [4.69, 9.17) is 4.74 Å². The van der Waals surface area contributed by atoms with Crippen molar-refractivity contribution < 1.29 is 14.3 Å². The molecule has 0 rings (SSSR count). The van der Waals surface area contributed by atoms with Crippen molar-refractivity contribution in [1.82, 2.24) is 5.32 Å². The van der Waals surface area contributed by atoms with Gasteiger partial charge in [0.2, 0.25) is 5.91 Å². The van der Waals surface area contributed by atoms with E-state index in [0.29, 0.717) is 12.8 Å². The zero-order valence-electron chi connectivity index (χ0n) is 12.7. The number of amides is 1. The lowest BCUT2D eigenvalue weighted by Gasteiger charge is -2.34. The second-order valence-electron chi connectivity index (χ2n) is 6.09. The second-order valence-corrected chi connectivity index (χ2v) is 6.09. The Labute approximate surface area is 110 Å². The maximum absolute atomic E-state index is 12.2. The van der Waals surface area contributed by atoms with Crippen LogP contribution >= 0.6 is 0 Å². The molecule has 1 amide bonds. The third-order valence-corrected chi connectivity index (χ3v) is 3.32. The van der Waals surface area contributed by atoms with Gasteiger partial charge < -0.3 is 10.1 Å². The smallest absolute Gasteiger partial charge is 0.311 e. The summed E-state index contributed by atoms with van der Waals surface area (Å²) in [7, 11) is 1.38. The fourth-order valence-electron chi connectivity index (χ4n) is 2.13. The molecular formula is C14H27NO3. The van der Waals surface area contributed by atoms with Crippen molar-refractivity contribution in [3.8, 4) is 0 Å². The molecule has 0 radical (unpaired) electrons. The summed E-state index contributed by atoms with van der Waals surface area (Å²) >= 11 is 0. The molecule has 0 aliphatic heterocycles. The number of methoxy groups -OCH3 is 1. The molecule has 0 spiro atoms. The predicted octanol–water partition coefficient (Wildman–Crippen LogP) is 2.52. The standard InChI is InChI=1S/C14H27NO3/c1-8-14(6,11(16)15-10(2)3)9-13(4,5)12(17)18-7/h10H,8-9H2,1-7H3,(H,15,16). The highest BCUT2D eigenvalue weighted by molar-refractivity contribution is 5.84. The van der Waals surface area contributed by atoms with Gasteiger partial charge in [0.15, 0.2) is 0 Å². The van der Waals surface area contributed by atoms with Crippen molar-refractivity contribution >= 4 is 11.9 Å². The molecular weight excluding hydrogens is 230 g/mol. The van der Waals surface area contributed by atoms with Gasteiger partial charge in [-0.25, -0.2) is 0 Å². The minimum atomic E-state index is -0.659. The monoisotopic (exact) mass is 257 g/mol. The van der Waals surface area contributed by atoms with Gasteiger partial charge in [0.1, 0.15) is 0 Å². The summed E-state index contributed by atoms with van der Waals surface area (Å²) in [6, 6.07) is 0.101. The van der Waals surface area contributed by atoms with Gasteiger partial charge in [-0.15, -0.1) is 0 Å². The lowest BCUT2D eigenvalue weighted by molar-refractivity contribution is -0.153. The quantitative estimate of drug-likeness (QED) is 0.744. The average Bonchev–Trinajstić information content (AvgIpc) is 2.26. The molecule has 0 aromatic carbocycles. The van der Waals surface area contributed by atoms with Gasteiger partial charge in [0, 0.05) is 11.5 Å². The maximum atomic E-state index is 12.2. The average molecular weight is 257 g/mol. The van der Waals surface area contributed by atoms with Crippen molar-refractivity contribution in [1.29, 1.82) is 0 Å². The van der Waals surface area contributed by atoms with E-state index in [-0.39, 0.29) is 17.9 Å². The molecule has 4 nitrogen and oxygen atoms in total. The molecule has 4 heteroatoms. The number of hydrogen-bond acceptors (Lipinski definition) is 3. The molecule has 1 atom stereocenters. The van der Waals surface area contributed by atoms with E-state index >= 15 is 0 Å². The molecule has 0 fully saturated rings. The van der Waals surface area contributed by atoms with Gasteiger partial charge in [0.05, 0.1) is 12.5 Å². The van der Waals surface area contributed by atoms with Crippen LogP contribution in [0.15, 0.2) is 0 Å². The third kappa shape index (κ3) is 4.31. The second kappa shape index (κ2) is 6.21. The number of hydrogen-bond donors (Lipinski definition) is 1.